The first-order valence-electron chi connectivity index (χ1n) is 5.45. The van der Waals surface area contributed by atoms with Crippen molar-refractivity contribution >= 4 is 23.2 Å². The number of likely N-dealkylation sites (N-methyl/N-ethyl adjacent to an activating group) is 1. The van der Waals surface area contributed by atoms with E-state index in [4.69, 9.17) is 0 Å². The Hall–Kier alpha value is -1.05. The van der Waals surface area contributed by atoms with Gasteiger partial charge < -0.3 is 5.32 Å². The van der Waals surface area contributed by atoms with Gasteiger partial charge in [-0.3, -0.25) is 0 Å². The molecule has 0 aromatic heterocycles. The van der Waals surface area contributed by atoms with Crippen LogP contribution in [0.2, 0.25) is 0 Å². The SMILES string of the molecule is CNCCc1c(C)ccc2ccccc12.Cl. The standard InChI is InChI=1S/C14H17N.ClH/c1-11-7-8-12-5-3-4-6-14(12)13(11)9-10-15-2;/h3-8,15H,9-10H2,1-2H3;1H. The Balaban J connectivity index is 0.00000128. The fraction of sp³-hybridized carbons (Fsp3) is 0.286. The molecule has 2 aromatic rings. The molecule has 0 aliphatic rings. The van der Waals surface area contributed by atoms with Gasteiger partial charge in [-0.05, 0) is 48.8 Å². The summed E-state index contributed by atoms with van der Waals surface area (Å²) in [5, 5.41) is 5.95. The summed E-state index contributed by atoms with van der Waals surface area (Å²) in [7, 11) is 2.00. The van der Waals surface area contributed by atoms with Crippen LogP contribution in [0.5, 0.6) is 0 Å². The quantitative estimate of drug-likeness (QED) is 0.861. The van der Waals surface area contributed by atoms with Crippen molar-refractivity contribution in [1.82, 2.24) is 5.32 Å². The predicted octanol–water partition coefficient (Wildman–Crippen LogP) is 3.33. The molecule has 0 radical (unpaired) electrons. The highest BCUT2D eigenvalue weighted by atomic mass is 35.5. The van der Waals surface area contributed by atoms with E-state index in [1.54, 1.807) is 0 Å². The molecule has 0 heterocycles. The molecule has 0 aliphatic carbocycles. The second kappa shape index (κ2) is 5.88. The highest BCUT2D eigenvalue weighted by Crippen LogP contribution is 2.22. The summed E-state index contributed by atoms with van der Waals surface area (Å²) in [6.45, 7) is 3.23. The van der Waals surface area contributed by atoms with Crippen LogP contribution in [0.1, 0.15) is 11.1 Å². The van der Waals surface area contributed by atoms with Gasteiger partial charge in [0, 0.05) is 0 Å². The smallest absolute Gasteiger partial charge is 0.00110 e. The number of nitrogens with one attached hydrogen (secondary N) is 1. The first kappa shape index (κ1) is 13.0. The second-order valence-corrected chi connectivity index (χ2v) is 3.94. The lowest BCUT2D eigenvalue weighted by Crippen LogP contribution is -2.11. The van der Waals surface area contributed by atoms with Crippen LogP contribution in [0.25, 0.3) is 10.8 Å². The summed E-state index contributed by atoms with van der Waals surface area (Å²) >= 11 is 0. The van der Waals surface area contributed by atoms with Crippen LogP contribution in [-0.2, 0) is 6.42 Å². The maximum Gasteiger partial charge on any atom is -0.00110 e. The minimum Gasteiger partial charge on any atom is -0.319 e. The highest BCUT2D eigenvalue weighted by Gasteiger charge is 2.03. The molecule has 0 spiro atoms. The Morgan fingerprint density at radius 2 is 1.81 bits per heavy atom. The lowest BCUT2D eigenvalue weighted by molar-refractivity contribution is 0.792. The van der Waals surface area contributed by atoms with E-state index in [1.165, 1.54) is 21.9 Å². The first-order valence-corrected chi connectivity index (χ1v) is 5.45. The molecule has 2 rings (SSSR count). The molecule has 2 heteroatoms. The monoisotopic (exact) mass is 235 g/mol. The zero-order chi connectivity index (χ0) is 10.7. The summed E-state index contributed by atoms with van der Waals surface area (Å²) in [5.41, 5.74) is 2.87. The number of benzene rings is 2. The summed E-state index contributed by atoms with van der Waals surface area (Å²) in [6, 6.07) is 13.0. The van der Waals surface area contributed by atoms with Crippen molar-refractivity contribution in [2.75, 3.05) is 13.6 Å². The van der Waals surface area contributed by atoms with Gasteiger partial charge >= 0.3 is 0 Å². The Morgan fingerprint density at radius 3 is 2.56 bits per heavy atom. The van der Waals surface area contributed by atoms with E-state index in [-0.39, 0.29) is 12.4 Å². The van der Waals surface area contributed by atoms with E-state index in [0.717, 1.165) is 13.0 Å². The fourth-order valence-corrected chi connectivity index (χ4v) is 2.03. The molecule has 0 saturated carbocycles. The minimum atomic E-state index is 0. The van der Waals surface area contributed by atoms with Gasteiger partial charge in [0.15, 0.2) is 0 Å². The number of aryl methyl sites for hydroxylation is 1. The largest absolute Gasteiger partial charge is 0.319 e. The Kier molecular flexibility index (Phi) is 4.78. The molecule has 1 N–H and O–H groups in total. The van der Waals surface area contributed by atoms with Gasteiger partial charge in [0.2, 0.25) is 0 Å². The molecule has 0 bridgehead atoms. The number of fused-ring (bicyclic) bond motifs is 1. The van der Waals surface area contributed by atoms with Gasteiger partial charge in [-0.25, -0.2) is 0 Å². The normalized spacial score (nSPS) is 10.1. The van der Waals surface area contributed by atoms with Crippen LogP contribution in [0.15, 0.2) is 36.4 Å². The van der Waals surface area contributed by atoms with E-state index < -0.39 is 0 Å². The van der Waals surface area contributed by atoms with Gasteiger partial charge in [-0.1, -0.05) is 36.4 Å². The highest BCUT2D eigenvalue weighted by molar-refractivity contribution is 5.86. The Bertz CT molecular complexity index is 465. The van der Waals surface area contributed by atoms with Crippen molar-refractivity contribution in [3.63, 3.8) is 0 Å². The molecule has 0 unspecified atom stereocenters. The van der Waals surface area contributed by atoms with Crippen molar-refractivity contribution in [3.05, 3.63) is 47.5 Å². The number of halogens is 1. The predicted molar refractivity (Wildman–Crippen MR) is 73.6 cm³/mol. The van der Waals surface area contributed by atoms with Crippen LogP contribution < -0.4 is 5.32 Å². The maximum atomic E-state index is 3.21. The third kappa shape index (κ3) is 2.55. The lowest BCUT2D eigenvalue weighted by Gasteiger charge is -2.09. The van der Waals surface area contributed by atoms with Crippen molar-refractivity contribution in [1.29, 1.82) is 0 Å². The first-order chi connectivity index (χ1) is 7.33. The van der Waals surface area contributed by atoms with E-state index in [0.29, 0.717) is 0 Å². The second-order valence-electron chi connectivity index (χ2n) is 3.94. The van der Waals surface area contributed by atoms with Crippen LogP contribution in [0, 0.1) is 6.92 Å². The summed E-state index contributed by atoms with van der Waals surface area (Å²) in [4.78, 5) is 0. The molecule has 0 aliphatic heterocycles. The van der Waals surface area contributed by atoms with Crippen molar-refractivity contribution in [2.45, 2.75) is 13.3 Å². The Morgan fingerprint density at radius 1 is 1.06 bits per heavy atom. The minimum absolute atomic E-state index is 0. The number of rotatable bonds is 3. The van der Waals surface area contributed by atoms with Gasteiger partial charge in [0.05, 0.1) is 0 Å². The molecule has 2 aromatic carbocycles. The number of hydrogen-bond acceptors (Lipinski definition) is 1. The zero-order valence-corrected chi connectivity index (χ0v) is 10.6. The van der Waals surface area contributed by atoms with Crippen molar-refractivity contribution < 1.29 is 0 Å². The van der Waals surface area contributed by atoms with Crippen LogP contribution in [-0.4, -0.2) is 13.6 Å². The van der Waals surface area contributed by atoms with E-state index in [2.05, 4.69) is 48.6 Å². The summed E-state index contributed by atoms with van der Waals surface area (Å²) in [5.74, 6) is 0. The Labute approximate surface area is 103 Å². The van der Waals surface area contributed by atoms with Gasteiger partial charge in [-0.15, -0.1) is 12.4 Å². The topological polar surface area (TPSA) is 12.0 Å². The van der Waals surface area contributed by atoms with E-state index >= 15 is 0 Å². The molecule has 0 saturated heterocycles. The molecule has 1 nitrogen and oxygen atoms in total. The molecule has 16 heavy (non-hydrogen) atoms. The summed E-state index contributed by atoms with van der Waals surface area (Å²) in [6.07, 6.45) is 1.10. The van der Waals surface area contributed by atoms with Crippen molar-refractivity contribution in [3.8, 4) is 0 Å². The zero-order valence-electron chi connectivity index (χ0n) is 9.79. The molecule has 86 valence electrons. The molecule has 0 amide bonds. The van der Waals surface area contributed by atoms with Gasteiger partial charge in [0.1, 0.15) is 0 Å². The third-order valence-electron chi connectivity index (χ3n) is 2.90. The van der Waals surface area contributed by atoms with Crippen LogP contribution >= 0.6 is 12.4 Å². The van der Waals surface area contributed by atoms with Crippen molar-refractivity contribution in [2.24, 2.45) is 0 Å². The van der Waals surface area contributed by atoms with Crippen LogP contribution in [0.3, 0.4) is 0 Å². The lowest BCUT2D eigenvalue weighted by atomic mass is 9.97. The molecule has 0 fully saturated rings. The average molecular weight is 236 g/mol. The summed E-state index contributed by atoms with van der Waals surface area (Å²) < 4.78 is 0. The fourth-order valence-electron chi connectivity index (χ4n) is 2.03. The maximum absolute atomic E-state index is 3.21. The molecular weight excluding hydrogens is 218 g/mol. The number of hydrogen-bond donors (Lipinski definition) is 1. The van der Waals surface area contributed by atoms with E-state index in [9.17, 15) is 0 Å². The molecule has 0 atom stereocenters. The average Bonchev–Trinajstić information content (AvgIpc) is 2.28. The van der Waals surface area contributed by atoms with Gasteiger partial charge in [-0.2, -0.15) is 0 Å². The third-order valence-corrected chi connectivity index (χ3v) is 2.90. The van der Waals surface area contributed by atoms with E-state index in [1.807, 2.05) is 7.05 Å². The van der Waals surface area contributed by atoms with Gasteiger partial charge in [0.25, 0.3) is 0 Å². The van der Waals surface area contributed by atoms with Crippen LogP contribution in [0.4, 0.5) is 0 Å². The molecular formula is C14H18ClN.